The second kappa shape index (κ2) is 10.4. The zero-order valence-corrected chi connectivity index (χ0v) is 20.8. The van der Waals surface area contributed by atoms with Crippen molar-refractivity contribution in [2.24, 2.45) is 5.73 Å². The third kappa shape index (κ3) is 5.05. The number of rotatable bonds is 9. The fourth-order valence-corrected chi connectivity index (χ4v) is 4.10. The summed E-state index contributed by atoms with van der Waals surface area (Å²) in [5, 5.41) is 0.138. The van der Waals surface area contributed by atoms with Crippen LogP contribution in [0, 0.1) is 18.6 Å². The predicted molar refractivity (Wildman–Crippen MR) is 131 cm³/mol. The van der Waals surface area contributed by atoms with Crippen molar-refractivity contribution in [1.82, 2.24) is 19.5 Å². The van der Waals surface area contributed by atoms with E-state index < -0.39 is 29.8 Å². The van der Waals surface area contributed by atoms with Crippen LogP contribution in [0.4, 0.5) is 8.78 Å². The summed E-state index contributed by atoms with van der Waals surface area (Å²) in [7, 11) is 2.72. The number of carbonyl (C=O) groups excluding carboxylic acids is 1. The predicted octanol–water partition coefficient (Wildman–Crippen LogP) is 3.36. The summed E-state index contributed by atoms with van der Waals surface area (Å²) in [6, 6.07) is 5.17. The molecule has 13 heteroatoms. The van der Waals surface area contributed by atoms with Gasteiger partial charge in [-0.2, -0.15) is 4.98 Å². The summed E-state index contributed by atoms with van der Waals surface area (Å²) in [5.41, 5.74) is 5.66. The molecule has 4 aromatic rings. The topological polar surface area (TPSA) is 134 Å². The van der Waals surface area contributed by atoms with E-state index in [0.717, 1.165) is 6.07 Å². The van der Waals surface area contributed by atoms with Gasteiger partial charge in [-0.1, -0.05) is 11.6 Å². The highest BCUT2D eigenvalue weighted by molar-refractivity contribution is 6.32. The average Bonchev–Trinajstić information content (AvgIpc) is 3.18. The zero-order chi connectivity index (χ0) is 26.9. The molecule has 194 valence electrons. The number of H-pyrrole nitrogens is 1. The van der Waals surface area contributed by atoms with E-state index in [4.69, 9.17) is 31.5 Å². The van der Waals surface area contributed by atoms with Crippen LogP contribution in [0.3, 0.4) is 0 Å². The first-order chi connectivity index (χ1) is 17.6. The number of amides is 1. The number of aryl methyl sites for hydroxylation is 2. The second-order valence-corrected chi connectivity index (χ2v) is 8.36. The first-order valence-electron chi connectivity index (χ1n) is 10.9. The Balaban J connectivity index is 1.85. The number of ether oxygens (including phenoxy) is 3. The van der Waals surface area contributed by atoms with Crippen molar-refractivity contribution in [1.29, 1.82) is 0 Å². The number of nitrogens with zero attached hydrogens (tertiary/aromatic N) is 3. The van der Waals surface area contributed by atoms with E-state index in [2.05, 4.69) is 15.0 Å². The first kappa shape index (κ1) is 25.9. The van der Waals surface area contributed by atoms with Gasteiger partial charge in [0.05, 0.1) is 30.5 Å². The summed E-state index contributed by atoms with van der Waals surface area (Å²) in [5.74, 6) is -2.01. The SMILES string of the molecule is COc1ccc(F)c(F)c1COc1cc(-n2c(=O)[nH]c3c(OC)nc(C)nc32)c(Cl)cc1CCC(N)=O. The van der Waals surface area contributed by atoms with Crippen LogP contribution in [0.25, 0.3) is 16.9 Å². The molecule has 0 bridgehead atoms. The third-order valence-electron chi connectivity index (χ3n) is 5.57. The van der Waals surface area contributed by atoms with Gasteiger partial charge in [0.2, 0.25) is 11.8 Å². The molecule has 0 unspecified atom stereocenters. The molecule has 10 nitrogen and oxygen atoms in total. The highest BCUT2D eigenvalue weighted by atomic mass is 35.5. The van der Waals surface area contributed by atoms with E-state index in [1.807, 2.05) is 0 Å². The molecule has 2 heterocycles. The Morgan fingerprint density at radius 2 is 1.92 bits per heavy atom. The lowest BCUT2D eigenvalue weighted by Gasteiger charge is -2.17. The maximum atomic E-state index is 14.5. The molecule has 2 aromatic carbocycles. The summed E-state index contributed by atoms with van der Waals surface area (Å²) in [6.45, 7) is 1.21. The Labute approximate surface area is 213 Å². The van der Waals surface area contributed by atoms with E-state index in [-0.39, 0.29) is 57.7 Å². The fourth-order valence-electron chi connectivity index (χ4n) is 3.83. The minimum Gasteiger partial charge on any atom is -0.496 e. The van der Waals surface area contributed by atoms with E-state index in [0.29, 0.717) is 11.4 Å². The Kier molecular flexibility index (Phi) is 7.30. The average molecular weight is 534 g/mol. The zero-order valence-electron chi connectivity index (χ0n) is 20.0. The fraction of sp³-hybridized carbons (Fsp3) is 0.250. The van der Waals surface area contributed by atoms with Gasteiger partial charge >= 0.3 is 5.69 Å². The Hall–Kier alpha value is -4.19. The Morgan fingerprint density at radius 3 is 2.59 bits per heavy atom. The van der Waals surface area contributed by atoms with Gasteiger partial charge in [0.15, 0.2) is 17.3 Å². The molecular weight excluding hydrogens is 512 g/mol. The van der Waals surface area contributed by atoms with Crippen molar-refractivity contribution in [3.8, 4) is 23.1 Å². The number of nitrogens with one attached hydrogen (secondary N) is 1. The number of methoxy groups -OCH3 is 2. The van der Waals surface area contributed by atoms with Crippen LogP contribution < -0.4 is 25.6 Å². The highest BCUT2D eigenvalue weighted by Gasteiger charge is 2.21. The molecule has 1 amide bonds. The maximum Gasteiger partial charge on any atom is 0.332 e. The van der Waals surface area contributed by atoms with Crippen LogP contribution in [-0.4, -0.2) is 39.6 Å². The number of aromatic nitrogens is 4. The summed E-state index contributed by atoms with van der Waals surface area (Å²) < 4.78 is 45.9. The molecule has 0 saturated heterocycles. The molecule has 0 fully saturated rings. The second-order valence-electron chi connectivity index (χ2n) is 7.95. The molecule has 0 radical (unpaired) electrons. The van der Waals surface area contributed by atoms with Crippen molar-refractivity contribution in [3.05, 3.63) is 68.4 Å². The van der Waals surface area contributed by atoms with Gasteiger partial charge in [0.1, 0.15) is 29.4 Å². The number of carbonyl (C=O) groups is 1. The normalized spacial score (nSPS) is 11.1. The minimum absolute atomic E-state index is 0.0274. The van der Waals surface area contributed by atoms with Gasteiger partial charge in [-0.25, -0.2) is 23.1 Å². The molecule has 3 N–H and O–H groups in total. The van der Waals surface area contributed by atoms with Gasteiger partial charge in [-0.3, -0.25) is 9.78 Å². The van der Waals surface area contributed by atoms with Crippen LogP contribution in [0.2, 0.25) is 5.02 Å². The van der Waals surface area contributed by atoms with Crippen molar-refractivity contribution in [2.45, 2.75) is 26.4 Å². The van der Waals surface area contributed by atoms with Crippen molar-refractivity contribution >= 4 is 28.7 Å². The van der Waals surface area contributed by atoms with Crippen LogP contribution >= 0.6 is 11.6 Å². The molecule has 0 saturated carbocycles. The van der Waals surface area contributed by atoms with Gasteiger partial charge in [0.25, 0.3) is 0 Å². The number of primary amides is 1. The number of halogens is 3. The summed E-state index contributed by atoms with van der Waals surface area (Å²) in [6.07, 6.45) is 0.117. The van der Waals surface area contributed by atoms with Gasteiger partial charge < -0.3 is 19.9 Å². The number of fused-ring (bicyclic) bond motifs is 1. The molecule has 37 heavy (non-hydrogen) atoms. The van der Waals surface area contributed by atoms with Crippen molar-refractivity contribution in [2.75, 3.05) is 14.2 Å². The van der Waals surface area contributed by atoms with Crippen LogP contribution in [0.5, 0.6) is 17.4 Å². The quantitative estimate of drug-likeness (QED) is 0.337. The number of benzene rings is 2. The van der Waals surface area contributed by atoms with Gasteiger partial charge in [0, 0.05) is 12.5 Å². The molecule has 4 rings (SSSR count). The molecule has 0 atom stereocenters. The number of nitrogens with two attached hydrogens (primary N) is 1. The lowest BCUT2D eigenvalue weighted by Crippen LogP contribution is -2.16. The number of aromatic amines is 1. The first-order valence-corrected chi connectivity index (χ1v) is 11.3. The lowest BCUT2D eigenvalue weighted by atomic mass is 10.1. The summed E-state index contributed by atoms with van der Waals surface area (Å²) in [4.78, 5) is 35.5. The monoisotopic (exact) mass is 533 g/mol. The smallest absolute Gasteiger partial charge is 0.332 e. The molecule has 0 aliphatic heterocycles. The molecule has 0 aliphatic carbocycles. The standard InChI is InChI=1S/C24H22ClF2N5O5/c1-11-29-22-21(23(30-11)36-3)31-24(34)32(22)16-9-18(12(8-14(16)25)4-7-19(28)33)37-10-13-17(35-2)6-5-15(26)20(13)27/h5-6,8-9H,4,7,10H2,1-3H3,(H2,28,33)(H,31,34). The molecule has 2 aromatic heterocycles. The van der Waals surface area contributed by atoms with Crippen molar-refractivity contribution < 1.29 is 27.8 Å². The van der Waals surface area contributed by atoms with Gasteiger partial charge in [-0.15, -0.1) is 0 Å². The minimum atomic E-state index is -1.13. The van der Waals surface area contributed by atoms with Crippen LogP contribution in [-0.2, 0) is 17.8 Å². The third-order valence-corrected chi connectivity index (χ3v) is 5.87. The Bertz CT molecular complexity index is 1570. The van der Waals surface area contributed by atoms with Gasteiger partial charge in [-0.05, 0) is 37.1 Å². The van der Waals surface area contributed by atoms with E-state index in [9.17, 15) is 18.4 Å². The molecule has 0 aliphatic rings. The Morgan fingerprint density at radius 1 is 1.16 bits per heavy atom. The molecule has 0 spiro atoms. The maximum absolute atomic E-state index is 14.5. The number of imidazole rings is 1. The van der Waals surface area contributed by atoms with E-state index in [1.54, 1.807) is 6.92 Å². The lowest BCUT2D eigenvalue weighted by molar-refractivity contribution is -0.117. The van der Waals surface area contributed by atoms with Crippen LogP contribution in [0.15, 0.2) is 29.1 Å². The number of hydrogen-bond donors (Lipinski definition) is 2. The highest BCUT2D eigenvalue weighted by Crippen LogP contribution is 2.34. The van der Waals surface area contributed by atoms with Crippen LogP contribution in [0.1, 0.15) is 23.4 Å². The van der Waals surface area contributed by atoms with Crippen molar-refractivity contribution in [3.63, 3.8) is 0 Å². The summed E-state index contributed by atoms with van der Waals surface area (Å²) >= 11 is 6.56. The number of hydrogen-bond acceptors (Lipinski definition) is 7. The van der Waals surface area contributed by atoms with E-state index in [1.165, 1.54) is 37.0 Å². The largest absolute Gasteiger partial charge is 0.496 e. The van der Waals surface area contributed by atoms with E-state index >= 15 is 0 Å². The molecular formula is C24H22ClF2N5O5.